The van der Waals surface area contributed by atoms with Crippen molar-refractivity contribution in [1.29, 1.82) is 0 Å². The summed E-state index contributed by atoms with van der Waals surface area (Å²) in [5.74, 6) is -17.4. The maximum Gasteiger partial charge on any atom is 0.205 e. The number of hydrogen-bond acceptors (Lipinski definition) is 14. The van der Waals surface area contributed by atoms with Crippen LogP contribution in [0.15, 0.2) is 72.8 Å². The van der Waals surface area contributed by atoms with Crippen LogP contribution in [0.1, 0.15) is 0 Å². The van der Waals surface area contributed by atoms with Crippen molar-refractivity contribution in [3.8, 4) is 114 Å². The predicted molar refractivity (Wildman–Crippen MR) is 196 cm³/mol. The SMILES string of the molecule is Oc1cc2c(-c3c(O)c(O)c(O)c4c(O)c(O)c(O)c(O)c34)c3c(O)c(O)c(O)c(O)c3c(-c3ccc(-c4ccc5ccccc5c4)cc3)c2c(O)c1O. The maximum absolute atomic E-state index is 11.5. The number of phenolic OH excluding ortho intramolecular Hbond substituents is 14. The normalized spacial score (nSPS) is 11.6. The second-order valence-electron chi connectivity index (χ2n) is 12.6. The van der Waals surface area contributed by atoms with Crippen molar-refractivity contribution in [2.45, 2.75) is 0 Å². The van der Waals surface area contributed by atoms with E-state index in [1.54, 1.807) is 12.1 Å². The molecule has 0 radical (unpaired) electrons. The van der Waals surface area contributed by atoms with Gasteiger partial charge in [-0.15, -0.1) is 0 Å². The van der Waals surface area contributed by atoms with Crippen LogP contribution in [0.4, 0.5) is 0 Å². The highest BCUT2D eigenvalue weighted by atomic mass is 16.4. The van der Waals surface area contributed by atoms with Crippen LogP contribution in [0.2, 0.25) is 0 Å². The zero-order chi connectivity index (χ0) is 38.7. The zero-order valence-electron chi connectivity index (χ0n) is 27.2. The van der Waals surface area contributed by atoms with Gasteiger partial charge in [0, 0.05) is 38.2 Å². The van der Waals surface area contributed by atoms with E-state index in [0.29, 0.717) is 5.56 Å². The van der Waals surface area contributed by atoms with Crippen molar-refractivity contribution in [2.24, 2.45) is 0 Å². The van der Waals surface area contributed by atoms with E-state index >= 15 is 0 Å². The van der Waals surface area contributed by atoms with Crippen LogP contribution in [0, 0.1) is 0 Å². The molecule has 270 valence electrons. The quantitative estimate of drug-likeness (QED) is 0.0487. The van der Waals surface area contributed by atoms with Crippen molar-refractivity contribution >= 4 is 43.1 Å². The summed E-state index contributed by atoms with van der Waals surface area (Å²) in [5.41, 5.74) is -0.147. The molecule has 0 saturated heterocycles. The van der Waals surface area contributed by atoms with Crippen LogP contribution in [0.25, 0.3) is 76.5 Å². The summed E-state index contributed by atoms with van der Waals surface area (Å²) in [7, 11) is 0. The third-order valence-corrected chi connectivity index (χ3v) is 9.75. The lowest BCUT2D eigenvalue weighted by molar-refractivity contribution is 0.347. The molecule has 0 aliphatic carbocycles. The van der Waals surface area contributed by atoms with Crippen LogP contribution in [-0.4, -0.2) is 71.5 Å². The molecule has 14 N–H and O–H groups in total. The first-order valence-electron chi connectivity index (χ1n) is 15.8. The summed E-state index contributed by atoms with van der Waals surface area (Å²) < 4.78 is 0. The number of hydrogen-bond donors (Lipinski definition) is 14. The maximum atomic E-state index is 11.5. The molecule has 0 aliphatic heterocycles. The average Bonchev–Trinajstić information content (AvgIpc) is 3.18. The minimum Gasteiger partial charge on any atom is -0.504 e. The molecule has 0 unspecified atom stereocenters. The smallest absolute Gasteiger partial charge is 0.205 e. The third kappa shape index (κ3) is 4.27. The summed E-state index contributed by atoms with van der Waals surface area (Å²) in [4.78, 5) is 0. The Kier molecular flexibility index (Phi) is 6.91. The first-order chi connectivity index (χ1) is 25.6. The van der Waals surface area contributed by atoms with Gasteiger partial charge >= 0.3 is 0 Å². The first kappa shape index (κ1) is 33.2. The number of benzene rings is 8. The Morgan fingerprint density at radius 1 is 0.259 bits per heavy atom. The Labute approximate surface area is 300 Å². The Hall–Kier alpha value is -8.00. The highest BCUT2D eigenvalue weighted by Crippen LogP contribution is 2.64. The van der Waals surface area contributed by atoms with E-state index in [1.165, 1.54) is 12.1 Å². The van der Waals surface area contributed by atoms with Crippen molar-refractivity contribution in [3.63, 3.8) is 0 Å². The molecule has 0 aliphatic rings. The van der Waals surface area contributed by atoms with Gasteiger partial charge in [0.25, 0.3) is 0 Å². The highest BCUT2D eigenvalue weighted by molar-refractivity contribution is 6.30. The molecule has 0 saturated carbocycles. The van der Waals surface area contributed by atoms with Gasteiger partial charge in [0.1, 0.15) is 0 Å². The third-order valence-electron chi connectivity index (χ3n) is 9.75. The van der Waals surface area contributed by atoms with Gasteiger partial charge in [-0.25, -0.2) is 0 Å². The van der Waals surface area contributed by atoms with E-state index in [0.717, 1.165) is 22.4 Å². The fraction of sp³-hybridized carbons (Fsp3) is 0. The molecule has 54 heavy (non-hydrogen) atoms. The summed E-state index contributed by atoms with van der Waals surface area (Å²) >= 11 is 0. The molecule has 0 aromatic heterocycles. The van der Waals surface area contributed by atoms with Crippen molar-refractivity contribution in [2.75, 3.05) is 0 Å². The summed E-state index contributed by atoms with van der Waals surface area (Å²) in [5, 5.41) is 151. The predicted octanol–water partition coefficient (Wildman–Crippen LogP) is 7.18. The zero-order valence-corrected chi connectivity index (χ0v) is 27.2. The molecular formula is C40H26O14. The van der Waals surface area contributed by atoms with E-state index in [9.17, 15) is 71.5 Å². The molecule has 0 spiro atoms. The Morgan fingerprint density at radius 3 is 1.26 bits per heavy atom. The molecule has 0 bridgehead atoms. The largest absolute Gasteiger partial charge is 0.504 e. The van der Waals surface area contributed by atoms with Crippen molar-refractivity contribution in [1.82, 2.24) is 0 Å². The van der Waals surface area contributed by atoms with E-state index in [4.69, 9.17) is 0 Å². The number of rotatable bonds is 3. The molecule has 0 heterocycles. The van der Waals surface area contributed by atoms with E-state index < -0.39 is 124 Å². The topological polar surface area (TPSA) is 283 Å². The fourth-order valence-electron chi connectivity index (χ4n) is 7.17. The monoisotopic (exact) mass is 730 g/mol. The van der Waals surface area contributed by atoms with E-state index in [1.807, 2.05) is 42.5 Å². The van der Waals surface area contributed by atoms with Gasteiger partial charge in [0.05, 0.1) is 5.39 Å². The van der Waals surface area contributed by atoms with Crippen molar-refractivity contribution < 1.29 is 71.5 Å². The van der Waals surface area contributed by atoms with Crippen LogP contribution in [0.3, 0.4) is 0 Å². The van der Waals surface area contributed by atoms with Gasteiger partial charge in [-0.2, -0.15) is 0 Å². The number of phenols is 14. The van der Waals surface area contributed by atoms with Crippen LogP contribution in [-0.2, 0) is 0 Å². The molecule has 0 fully saturated rings. The minimum absolute atomic E-state index is 0.145. The Balaban J connectivity index is 1.58. The lowest BCUT2D eigenvalue weighted by Crippen LogP contribution is -1.96. The Bertz CT molecular complexity index is 2960. The molecule has 0 atom stereocenters. The average molecular weight is 731 g/mol. The number of fused-ring (bicyclic) bond motifs is 4. The summed E-state index contributed by atoms with van der Waals surface area (Å²) in [6.45, 7) is 0. The van der Waals surface area contributed by atoms with Crippen LogP contribution in [0.5, 0.6) is 80.5 Å². The van der Waals surface area contributed by atoms with Gasteiger partial charge in [-0.1, -0.05) is 60.7 Å². The molecule has 8 aromatic rings. The van der Waals surface area contributed by atoms with Gasteiger partial charge < -0.3 is 71.5 Å². The molecule has 8 aromatic carbocycles. The Morgan fingerprint density at radius 2 is 0.685 bits per heavy atom. The van der Waals surface area contributed by atoms with E-state index in [-0.39, 0.29) is 11.1 Å². The first-order valence-corrected chi connectivity index (χ1v) is 15.8. The summed E-state index contributed by atoms with van der Waals surface area (Å²) in [6, 6.07) is 20.7. The lowest BCUT2D eigenvalue weighted by atomic mass is 9.82. The second-order valence-corrected chi connectivity index (χ2v) is 12.6. The highest BCUT2D eigenvalue weighted by Gasteiger charge is 2.35. The standard InChI is InChI=1S/C40H26O14/c41-19-12-18-21(25-26-27(34(48)36(50)31(25)45)35(49)40(54)39(53)33(26)47)24-23(30(44)37(51)38(52)32(24)46)20(22(18)29(43)28(19)42)15-8-5-14(6-9-15)17-10-7-13-3-1-2-4-16(13)11-17/h1-12,41-54H. The van der Waals surface area contributed by atoms with Crippen LogP contribution >= 0.6 is 0 Å². The number of aromatic hydroxyl groups is 14. The molecule has 8 rings (SSSR count). The fourth-order valence-corrected chi connectivity index (χ4v) is 7.17. The van der Waals surface area contributed by atoms with E-state index in [2.05, 4.69) is 0 Å². The van der Waals surface area contributed by atoms with Gasteiger partial charge in [-0.05, 0) is 45.0 Å². The molecular weight excluding hydrogens is 704 g/mol. The lowest BCUT2D eigenvalue weighted by Gasteiger charge is -2.24. The van der Waals surface area contributed by atoms with Gasteiger partial charge in [0.2, 0.25) is 34.5 Å². The minimum atomic E-state index is -1.38. The van der Waals surface area contributed by atoms with Gasteiger partial charge in [-0.3, -0.25) is 0 Å². The summed E-state index contributed by atoms with van der Waals surface area (Å²) in [6.07, 6.45) is 0. The second kappa shape index (κ2) is 11.2. The van der Waals surface area contributed by atoms with Crippen molar-refractivity contribution in [3.05, 3.63) is 72.8 Å². The molecule has 14 heteroatoms. The molecule has 14 nitrogen and oxygen atoms in total. The molecule has 0 amide bonds. The van der Waals surface area contributed by atoms with Crippen LogP contribution < -0.4 is 0 Å². The van der Waals surface area contributed by atoms with Gasteiger partial charge in [0.15, 0.2) is 46.0 Å².